The van der Waals surface area contributed by atoms with E-state index in [4.69, 9.17) is 4.74 Å². The van der Waals surface area contributed by atoms with E-state index in [1.54, 1.807) is 18.3 Å². The molecule has 29 heavy (non-hydrogen) atoms. The molecule has 0 unspecified atom stereocenters. The van der Waals surface area contributed by atoms with Gasteiger partial charge in [-0.2, -0.15) is 0 Å². The molecular formula is C18H17N5O6. The standard InChI is InChI=1S/C18H17N5O6/c24-16(21-12-2-1-6-19-9-12)5-7-20-17(25)10-22-14-8-13(23(27)28)3-4-15(14)29-11-18(22)26/h1-4,6,8-9H,5,7,10-11H2,(H,20,25)(H,21,24). The van der Waals surface area contributed by atoms with Gasteiger partial charge in [-0.3, -0.25) is 34.4 Å². The van der Waals surface area contributed by atoms with Crippen LogP contribution in [-0.2, 0) is 14.4 Å². The summed E-state index contributed by atoms with van der Waals surface area (Å²) in [5.41, 5.74) is 0.473. The second-order valence-corrected chi connectivity index (χ2v) is 6.07. The summed E-state index contributed by atoms with van der Waals surface area (Å²) in [7, 11) is 0. The number of ether oxygens (including phenoxy) is 1. The van der Waals surface area contributed by atoms with Crippen molar-refractivity contribution >= 4 is 34.8 Å². The normalized spacial score (nSPS) is 12.6. The first-order valence-corrected chi connectivity index (χ1v) is 8.62. The molecule has 0 saturated carbocycles. The molecule has 0 fully saturated rings. The van der Waals surface area contributed by atoms with Crippen molar-refractivity contribution in [1.29, 1.82) is 0 Å². The summed E-state index contributed by atoms with van der Waals surface area (Å²) < 4.78 is 5.25. The van der Waals surface area contributed by atoms with Crippen LogP contribution in [0.25, 0.3) is 0 Å². The summed E-state index contributed by atoms with van der Waals surface area (Å²) in [6.07, 6.45) is 3.10. The van der Waals surface area contributed by atoms with Crippen molar-refractivity contribution in [2.45, 2.75) is 6.42 Å². The number of nitrogens with one attached hydrogen (secondary N) is 2. The lowest BCUT2D eigenvalue weighted by Gasteiger charge is -2.28. The monoisotopic (exact) mass is 399 g/mol. The van der Waals surface area contributed by atoms with Crippen LogP contribution in [-0.4, -0.2) is 47.3 Å². The Balaban J connectivity index is 1.55. The van der Waals surface area contributed by atoms with E-state index in [0.29, 0.717) is 5.69 Å². The van der Waals surface area contributed by atoms with Crippen LogP contribution in [0.3, 0.4) is 0 Å². The van der Waals surface area contributed by atoms with E-state index < -0.39 is 16.7 Å². The second-order valence-electron chi connectivity index (χ2n) is 6.07. The van der Waals surface area contributed by atoms with E-state index in [0.717, 1.165) is 4.90 Å². The minimum atomic E-state index is -0.599. The number of pyridine rings is 1. The number of nitrogens with zero attached hydrogens (tertiary/aromatic N) is 3. The van der Waals surface area contributed by atoms with Gasteiger partial charge in [0.05, 0.1) is 22.5 Å². The maximum Gasteiger partial charge on any atom is 0.271 e. The summed E-state index contributed by atoms with van der Waals surface area (Å²) in [6.45, 7) is -0.558. The molecule has 3 rings (SSSR count). The topological polar surface area (TPSA) is 144 Å². The highest BCUT2D eigenvalue weighted by Crippen LogP contribution is 2.35. The number of nitro benzene ring substituents is 1. The molecule has 0 bridgehead atoms. The fourth-order valence-electron chi connectivity index (χ4n) is 2.65. The zero-order valence-corrected chi connectivity index (χ0v) is 15.2. The first-order chi connectivity index (χ1) is 13.9. The van der Waals surface area contributed by atoms with Gasteiger partial charge in [0, 0.05) is 31.3 Å². The van der Waals surface area contributed by atoms with Gasteiger partial charge in [-0.25, -0.2) is 0 Å². The third-order valence-electron chi connectivity index (χ3n) is 4.02. The van der Waals surface area contributed by atoms with Gasteiger partial charge in [-0.05, 0) is 18.2 Å². The Kier molecular flexibility index (Phi) is 5.97. The third-order valence-corrected chi connectivity index (χ3v) is 4.02. The van der Waals surface area contributed by atoms with Gasteiger partial charge < -0.3 is 15.4 Å². The van der Waals surface area contributed by atoms with Crippen LogP contribution in [0.15, 0.2) is 42.7 Å². The zero-order chi connectivity index (χ0) is 20.8. The molecule has 2 heterocycles. The molecule has 1 aliphatic heterocycles. The molecule has 0 spiro atoms. The van der Waals surface area contributed by atoms with Gasteiger partial charge >= 0.3 is 0 Å². The van der Waals surface area contributed by atoms with Crippen molar-refractivity contribution in [3.63, 3.8) is 0 Å². The van der Waals surface area contributed by atoms with Gasteiger partial charge in [0.2, 0.25) is 11.8 Å². The Morgan fingerprint density at radius 1 is 1.28 bits per heavy atom. The Morgan fingerprint density at radius 2 is 2.10 bits per heavy atom. The van der Waals surface area contributed by atoms with Crippen molar-refractivity contribution < 1.29 is 24.0 Å². The number of carbonyl (C=O) groups is 3. The molecule has 0 radical (unpaired) electrons. The highest BCUT2D eigenvalue weighted by atomic mass is 16.6. The van der Waals surface area contributed by atoms with Crippen molar-refractivity contribution in [2.24, 2.45) is 0 Å². The maximum absolute atomic E-state index is 12.2. The molecule has 11 nitrogen and oxygen atoms in total. The van der Waals surface area contributed by atoms with E-state index in [1.807, 2.05) is 0 Å². The highest BCUT2D eigenvalue weighted by molar-refractivity contribution is 6.02. The van der Waals surface area contributed by atoms with Crippen LogP contribution in [0.1, 0.15) is 6.42 Å². The number of hydrogen-bond acceptors (Lipinski definition) is 7. The average molecular weight is 399 g/mol. The first-order valence-electron chi connectivity index (χ1n) is 8.62. The van der Waals surface area contributed by atoms with Crippen molar-refractivity contribution in [2.75, 3.05) is 29.9 Å². The highest BCUT2D eigenvalue weighted by Gasteiger charge is 2.29. The summed E-state index contributed by atoms with van der Waals surface area (Å²) in [4.78, 5) is 51.6. The lowest BCUT2D eigenvalue weighted by molar-refractivity contribution is -0.384. The van der Waals surface area contributed by atoms with Crippen LogP contribution in [0.2, 0.25) is 0 Å². The van der Waals surface area contributed by atoms with Gasteiger partial charge in [0.15, 0.2) is 6.61 Å². The second kappa shape index (κ2) is 8.78. The summed E-state index contributed by atoms with van der Waals surface area (Å²) in [5.74, 6) is -1.03. The molecule has 1 aromatic heterocycles. The van der Waals surface area contributed by atoms with Gasteiger partial charge in [0.1, 0.15) is 12.3 Å². The Labute approximate surface area is 164 Å². The SMILES string of the molecule is O=C(CN1C(=O)COc2ccc([N+](=O)[O-])cc21)NCCC(=O)Nc1cccnc1. The molecule has 3 amide bonds. The van der Waals surface area contributed by atoms with Crippen LogP contribution >= 0.6 is 0 Å². The van der Waals surface area contributed by atoms with E-state index in [2.05, 4.69) is 15.6 Å². The van der Waals surface area contributed by atoms with Crippen molar-refractivity contribution in [1.82, 2.24) is 10.3 Å². The van der Waals surface area contributed by atoms with Gasteiger partial charge in [0.25, 0.3) is 11.6 Å². The Hall–Kier alpha value is -4.02. The molecular weight excluding hydrogens is 382 g/mol. The number of aromatic nitrogens is 1. The number of benzene rings is 1. The van der Waals surface area contributed by atoms with Crippen LogP contribution in [0.5, 0.6) is 5.75 Å². The fraction of sp³-hybridized carbons (Fsp3) is 0.222. The largest absolute Gasteiger partial charge is 0.482 e. The van der Waals surface area contributed by atoms with Crippen molar-refractivity contribution in [3.8, 4) is 5.75 Å². The summed E-state index contributed by atoms with van der Waals surface area (Å²) >= 11 is 0. The first kappa shape index (κ1) is 19.7. The van der Waals surface area contributed by atoms with Crippen LogP contribution in [0.4, 0.5) is 17.1 Å². The number of carbonyl (C=O) groups excluding carboxylic acids is 3. The number of anilines is 2. The minimum absolute atomic E-state index is 0.0275. The zero-order valence-electron chi connectivity index (χ0n) is 15.2. The predicted molar refractivity (Wildman–Crippen MR) is 101 cm³/mol. The quantitative estimate of drug-likeness (QED) is 0.519. The maximum atomic E-state index is 12.2. The summed E-state index contributed by atoms with van der Waals surface area (Å²) in [6, 6.07) is 7.19. The van der Waals surface area contributed by atoms with Gasteiger partial charge in [-0.1, -0.05) is 0 Å². The number of rotatable bonds is 7. The number of nitro groups is 1. The molecule has 2 aromatic rings. The minimum Gasteiger partial charge on any atom is -0.482 e. The van der Waals surface area contributed by atoms with Crippen molar-refractivity contribution in [3.05, 3.63) is 52.8 Å². The molecule has 0 aliphatic carbocycles. The molecule has 11 heteroatoms. The number of amides is 3. The lowest BCUT2D eigenvalue weighted by atomic mass is 10.2. The molecule has 0 atom stereocenters. The van der Waals surface area contributed by atoms with Crippen LogP contribution in [0, 0.1) is 10.1 Å². The van der Waals surface area contributed by atoms with E-state index in [1.165, 1.54) is 24.4 Å². The molecule has 1 aromatic carbocycles. The Morgan fingerprint density at radius 3 is 2.83 bits per heavy atom. The van der Waals surface area contributed by atoms with E-state index in [9.17, 15) is 24.5 Å². The van der Waals surface area contributed by atoms with E-state index >= 15 is 0 Å². The van der Waals surface area contributed by atoms with Gasteiger partial charge in [-0.15, -0.1) is 0 Å². The average Bonchev–Trinajstić information content (AvgIpc) is 2.70. The smallest absolute Gasteiger partial charge is 0.271 e. The molecule has 0 saturated heterocycles. The molecule has 1 aliphatic rings. The number of fused-ring (bicyclic) bond motifs is 1. The van der Waals surface area contributed by atoms with E-state index in [-0.39, 0.29) is 49.1 Å². The molecule has 150 valence electrons. The summed E-state index contributed by atoms with van der Waals surface area (Å²) in [5, 5.41) is 16.2. The fourth-order valence-corrected chi connectivity index (χ4v) is 2.65. The number of hydrogen-bond donors (Lipinski definition) is 2. The number of non-ortho nitro benzene ring substituents is 1. The Bertz CT molecular complexity index is 949. The lowest BCUT2D eigenvalue weighted by Crippen LogP contribution is -2.45. The predicted octanol–water partition coefficient (Wildman–Crippen LogP) is 0.860. The third kappa shape index (κ3) is 5.03. The van der Waals surface area contributed by atoms with Crippen LogP contribution < -0.4 is 20.3 Å². The molecule has 2 N–H and O–H groups in total.